The fraction of sp³-hybridized carbons (Fsp3) is 0.400. The summed E-state index contributed by atoms with van der Waals surface area (Å²) in [5.41, 5.74) is -2.98. The van der Waals surface area contributed by atoms with Crippen LogP contribution < -0.4 is 10.6 Å². The highest BCUT2D eigenvalue weighted by atomic mass is 19.1. The van der Waals surface area contributed by atoms with Gasteiger partial charge >= 0.3 is 0 Å². The molecule has 0 bridgehead atoms. The number of carbonyl (C=O) groups is 3. The number of rotatable bonds is 6. The number of halogens is 1. The zero-order valence-electron chi connectivity index (χ0n) is 22.8. The van der Waals surface area contributed by atoms with Crippen LogP contribution in [0.15, 0.2) is 36.4 Å². The van der Waals surface area contributed by atoms with Gasteiger partial charge in [-0.2, -0.15) is 0 Å². The normalized spacial score (nSPS) is 23.3. The first-order valence-electron chi connectivity index (χ1n) is 13.0. The number of ether oxygens (including phenoxy) is 1. The van der Waals surface area contributed by atoms with E-state index >= 15 is 4.39 Å². The Morgan fingerprint density at radius 3 is 2.25 bits per heavy atom. The lowest BCUT2D eigenvalue weighted by molar-refractivity contribution is -0.287. The number of nitrogens with zero attached hydrogens (tertiary/aromatic N) is 2. The predicted molar refractivity (Wildman–Crippen MR) is 149 cm³/mol. The molecule has 3 aliphatic rings. The van der Waals surface area contributed by atoms with Crippen LogP contribution in [0.5, 0.6) is 0 Å². The zero-order valence-corrected chi connectivity index (χ0v) is 22.8. The largest absolute Gasteiger partial charge is 0.379 e. The minimum Gasteiger partial charge on any atom is -0.379 e. The van der Waals surface area contributed by atoms with Crippen LogP contribution in [0, 0.1) is 5.82 Å². The van der Waals surface area contributed by atoms with Crippen molar-refractivity contribution in [2.24, 2.45) is 0 Å². The van der Waals surface area contributed by atoms with Crippen LogP contribution in [-0.4, -0.2) is 122 Å². The number of piperidine rings is 1. The van der Waals surface area contributed by atoms with Gasteiger partial charge in [0.15, 0.2) is 0 Å². The summed E-state index contributed by atoms with van der Waals surface area (Å²) in [7, 11) is 23.4. The van der Waals surface area contributed by atoms with Crippen LogP contribution in [0.1, 0.15) is 27.0 Å². The van der Waals surface area contributed by atoms with E-state index in [-0.39, 0.29) is 36.8 Å². The highest BCUT2D eigenvalue weighted by Gasteiger charge is 2.62. The van der Waals surface area contributed by atoms with E-state index in [0.717, 1.165) is 24.3 Å². The minimum atomic E-state index is -3.47. The third-order valence-electron chi connectivity index (χ3n) is 7.97. The van der Waals surface area contributed by atoms with Crippen molar-refractivity contribution >= 4 is 54.8 Å². The highest BCUT2D eigenvalue weighted by Crippen LogP contribution is 2.53. The predicted octanol–water partition coefficient (Wildman–Crippen LogP) is -4.06. The Labute approximate surface area is 254 Å². The Balaban J connectivity index is 1.49. The monoisotopic (exact) mass is 602 g/mol. The van der Waals surface area contributed by atoms with E-state index in [9.17, 15) is 45.0 Å². The minimum absolute atomic E-state index is 0.110. The molecule has 3 amide bonds. The van der Waals surface area contributed by atoms with Crippen LogP contribution >= 0.6 is 0 Å². The van der Waals surface area contributed by atoms with Crippen molar-refractivity contribution in [3.63, 3.8) is 0 Å². The molecule has 0 spiro atoms. The fourth-order valence-corrected chi connectivity index (χ4v) is 5.46. The SMILES string of the molecule is [B]C1([B])C(=O)NC(=O)C(N2C(=O)c3cccc(NC(O)(O)c4ccc(C(O)(O)N5CCOCC5)cc4F)c3C2(O)O)C1([B])[B]. The summed E-state index contributed by atoms with van der Waals surface area (Å²) in [5.74, 6) is -14.6. The lowest BCUT2D eigenvalue weighted by atomic mass is 9.26. The third-order valence-corrected chi connectivity index (χ3v) is 7.97. The lowest BCUT2D eigenvalue weighted by Crippen LogP contribution is -2.69. The lowest BCUT2D eigenvalue weighted by Gasteiger charge is -2.54. The van der Waals surface area contributed by atoms with Gasteiger partial charge in [0, 0.05) is 24.3 Å². The van der Waals surface area contributed by atoms with Gasteiger partial charge in [-0.15, -0.1) is 0 Å². The first kappa shape index (κ1) is 32.1. The average molecular weight is 602 g/mol. The average Bonchev–Trinajstić information content (AvgIpc) is 3.13. The van der Waals surface area contributed by atoms with Gasteiger partial charge in [0.1, 0.15) is 11.9 Å². The number of amides is 3. The zero-order chi connectivity index (χ0) is 32.6. The van der Waals surface area contributed by atoms with E-state index in [2.05, 4.69) is 5.32 Å². The molecule has 5 rings (SSSR count). The van der Waals surface area contributed by atoms with Crippen molar-refractivity contribution in [2.75, 3.05) is 31.6 Å². The van der Waals surface area contributed by atoms with Crippen LogP contribution in [0.25, 0.3) is 0 Å². The summed E-state index contributed by atoms with van der Waals surface area (Å²) in [6, 6.07) is 3.61. The number of aliphatic hydroxyl groups is 6. The van der Waals surface area contributed by atoms with E-state index in [0.29, 0.717) is 6.07 Å². The van der Waals surface area contributed by atoms with Gasteiger partial charge in [-0.3, -0.25) is 24.6 Å². The molecule has 8 radical (unpaired) electrons. The van der Waals surface area contributed by atoms with E-state index in [4.69, 9.17) is 36.1 Å². The second kappa shape index (κ2) is 10.4. The summed E-state index contributed by atoms with van der Waals surface area (Å²) >= 11 is 0. The molecular weight excluding hydrogens is 579 g/mol. The Morgan fingerprint density at radius 2 is 1.64 bits per heavy atom. The van der Waals surface area contributed by atoms with Crippen LogP contribution in [0.3, 0.4) is 0 Å². The number of hydrogen-bond acceptors (Lipinski definition) is 12. The molecule has 2 fully saturated rings. The maximum atomic E-state index is 15.3. The smallest absolute Gasteiger partial charge is 0.281 e. The molecule has 2 saturated heterocycles. The van der Waals surface area contributed by atoms with E-state index in [1.54, 1.807) is 5.32 Å². The second-order valence-corrected chi connectivity index (χ2v) is 10.8. The number of nitrogens with one attached hydrogen (secondary N) is 2. The van der Waals surface area contributed by atoms with Gasteiger partial charge in [-0.1, -0.05) is 17.3 Å². The maximum absolute atomic E-state index is 15.3. The third kappa shape index (κ3) is 4.75. The molecule has 19 heteroatoms. The van der Waals surface area contributed by atoms with Crippen molar-refractivity contribution in [3.05, 3.63) is 64.5 Å². The molecular formula is C25H23B4FN4O10. The number of carbonyl (C=O) groups excluding carboxylic acids is 3. The maximum Gasteiger partial charge on any atom is 0.281 e. The van der Waals surface area contributed by atoms with Gasteiger partial charge in [0.25, 0.3) is 23.6 Å². The van der Waals surface area contributed by atoms with Crippen molar-refractivity contribution in [3.8, 4) is 0 Å². The van der Waals surface area contributed by atoms with Gasteiger partial charge in [0.05, 0.1) is 61.3 Å². The van der Waals surface area contributed by atoms with Gasteiger partial charge in [-0.25, -0.2) is 9.29 Å². The van der Waals surface area contributed by atoms with Gasteiger partial charge in [0.2, 0.25) is 11.8 Å². The molecule has 3 aliphatic heterocycles. The number of morpholine rings is 1. The molecule has 222 valence electrons. The van der Waals surface area contributed by atoms with E-state index < -0.39 is 80.1 Å². The number of fused-ring (bicyclic) bond motifs is 1. The molecule has 3 heterocycles. The first-order chi connectivity index (χ1) is 20.3. The Morgan fingerprint density at radius 1 is 1.00 bits per heavy atom. The Bertz CT molecular complexity index is 1550. The van der Waals surface area contributed by atoms with Gasteiger partial charge < -0.3 is 40.7 Å². The first-order valence-corrected chi connectivity index (χ1v) is 13.0. The highest BCUT2D eigenvalue weighted by molar-refractivity contribution is 6.63. The summed E-state index contributed by atoms with van der Waals surface area (Å²) in [6.07, 6.45) is 0. The van der Waals surface area contributed by atoms with Crippen LogP contribution in [-0.2, 0) is 32.1 Å². The number of imide groups is 1. The topological polar surface area (TPSA) is 212 Å². The molecule has 1 unspecified atom stereocenters. The molecule has 0 aliphatic carbocycles. The Kier molecular flexibility index (Phi) is 7.58. The molecule has 2 aromatic rings. The number of benzene rings is 2. The molecule has 1 atom stereocenters. The van der Waals surface area contributed by atoms with Crippen molar-refractivity contribution in [2.45, 2.75) is 34.2 Å². The Hall–Kier alpha value is -3.28. The van der Waals surface area contributed by atoms with Crippen LogP contribution in [0.4, 0.5) is 10.1 Å². The quantitative estimate of drug-likeness (QED) is 0.0903. The van der Waals surface area contributed by atoms with E-state index in [1.807, 2.05) is 0 Å². The molecule has 0 saturated carbocycles. The molecule has 2 aromatic carbocycles. The second-order valence-electron chi connectivity index (χ2n) is 10.8. The summed E-state index contributed by atoms with van der Waals surface area (Å²) in [6.45, 7) is 0.630. The summed E-state index contributed by atoms with van der Waals surface area (Å²) in [4.78, 5) is 39.7. The molecule has 14 nitrogen and oxygen atoms in total. The molecule has 8 N–H and O–H groups in total. The summed E-state index contributed by atoms with van der Waals surface area (Å²) in [5, 5.41) is 63.9. The van der Waals surface area contributed by atoms with Crippen LogP contribution in [0.2, 0.25) is 10.4 Å². The number of anilines is 1. The van der Waals surface area contributed by atoms with Crippen molar-refractivity contribution < 1.29 is 54.2 Å². The van der Waals surface area contributed by atoms with Gasteiger partial charge in [-0.05, 0) is 29.5 Å². The molecule has 0 aromatic heterocycles. The molecule has 44 heavy (non-hydrogen) atoms. The van der Waals surface area contributed by atoms with E-state index in [1.165, 1.54) is 11.0 Å². The standard InChI is InChI=1S/C25H23B4FN4O10/c26-21(27)17(18(35)31-20(37)22(21,28)29)34-19(36)12-2-1-3-15(16(12)25(34,42)43)32-23(38,39)13-5-4-11(10-14(13)30)24(40,41)33-6-8-44-9-7-33/h1-5,10,17,32,38-43H,6-9H2,(H,31,35,37). The number of hydrogen-bond donors (Lipinski definition) is 8. The van der Waals surface area contributed by atoms with Crippen molar-refractivity contribution in [1.82, 2.24) is 15.1 Å². The van der Waals surface area contributed by atoms with Crippen molar-refractivity contribution in [1.29, 1.82) is 0 Å². The fourth-order valence-electron chi connectivity index (χ4n) is 5.46. The summed E-state index contributed by atoms with van der Waals surface area (Å²) < 4.78 is 20.4.